The summed E-state index contributed by atoms with van der Waals surface area (Å²) in [4.78, 5) is 8.20. The maximum Gasteiger partial charge on any atom is 0.573 e. The monoisotopic (exact) mass is 453 g/mol. The standard InChI is InChI=1S/C12H7F3IN5O3/c1-22-11-10(18-8-9(19-11)21-24-20-8)17-7-3-2-5(4-6(7)16)23-12(13,14)15/h2-4H,1H3,(H,17,18,20). The van der Waals surface area contributed by atoms with Gasteiger partial charge in [0.15, 0.2) is 5.82 Å². The van der Waals surface area contributed by atoms with Crippen LogP contribution >= 0.6 is 22.6 Å². The molecular formula is C12H7F3IN5O3. The molecule has 2 heterocycles. The van der Waals surface area contributed by atoms with Crippen molar-refractivity contribution in [3.8, 4) is 11.6 Å². The largest absolute Gasteiger partial charge is 0.573 e. The molecular weight excluding hydrogens is 446 g/mol. The van der Waals surface area contributed by atoms with Gasteiger partial charge in [-0.05, 0) is 51.1 Å². The van der Waals surface area contributed by atoms with E-state index in [1.165, 1.54) is 25.3 Å². The summed E-state index contributed by atoms with van der Waals surface area (Å²) in [7, 11) is 1.39. The zero-order valence-electron chi connectivity index (χ0n) is 11.8. The average molecular weight is 453 g/mol. The van der Waals surface area contributed by atoms with Gasteiger partial charge in [-0.1, -0.05) is 0 Å². The van der Waals surface area contributed by atoms with Gasteiger partial charge in [0.25, 0.3) is 5.88 Å². The van der Waals surface area contributed by atoms with E-state index >= 15 is 0 Å². The van der Waals surface area contributed by atoms with Gasteiger partial charge >= 0.3 is 6.36 Å². The Balaban J connectivity index is 1.90. The number of anilines is 2. The zero-order chi connectivity index (χ0) is 17.3. The topological polar surface area (TPSA) is 95.2 Å². The van der Waals surface area contributed by atoms with Gasteiger partial charge in [-0.15, -0.1) is 13.2 Å². The first-order valence-electron chi connectivity index (χ1n) is 6.22. The van der Waals surface area contributed by atoms with Crippen LogP contribution in [-0.2, 0) is 0 Å². The lowest BCUT2D eigenvalue weighted by Gasteiger charge is -2.13. The van der Waals surface area contributed by atoms with Gasteiger partial charge in [-0.3, -0.25) is 0 Å². The second-order valence-corrected chi connectivity index (χ2v) is 5.47. The molecule has 0 amide bonds. The van der Waals surface area contributed by atoms with Crippen molar-refractivity contribution >= 4 is 45.4 Å². The number of hydrogen-bond acceptors (Lipinski definition) is 8. The Morgan fingerprint density at radius 3 is 2.50 bits per heavy atom. The van der Waals surface area contributed by atoms with Crippen LogP contribution in [-0.4, -0.2) is 33.8 Å². The predicted octanol–water partition coefficient (Wildman–Crippen LogP) is 3.27. The van der Waals surface area contributed by atoms with Crippen molar-refractivity contribution in [2.45, 2.75) is 6.36 Å². The molecule has 0 saturated carbocycles. The van der Waals surface area contributed by atoms with Crippen LogP contribution in [0.2, 0.25) is 0 Å². The molecule has 12 heteroatoms. The minimum Gasteiger partial charge on any atom is -0.478 e. The number of methoxy groups -OCH3 is 1. The first-order valence-corrected chi connectivity index (χ1v) is 7.30. The molecule has 0 atom stereocenters. The van der Waals surface area contributed by atoms with Gasteiger partial charge in [0, 0.05) is 3.57 Å². The molecule has 2 aromatic heterocycles. The van der Waals surface area contributed by atoms with Crippen LogP contribution in [0.4, 0.5) is 24.7 Å². The highest BCUT2D eigenvalue weighted by Gasteiger charge is 2.31. The summed E-state index contributed by atoms with van der Waals surface area (Å²) in [6.45, 7) is 0. The lowest BCUT2D eigenvalue weighted by atomic mass is 10.3. The molecule has 24 heavy (non-hydrogen) atoms. The van der Waals surface area contributed by atoms with E-state index in [9.17, 15) is 13.2 Å². The van der Waals surface area contributed by atoms with Crippen LogP contribution in [0.15, 0.2) is 22.8 Å². The van der Waals surface area contributed by atoms with Crippen LogP contribution in [0.1, 0.15) is 0 Å². The Kier molecular flexibility index (Phi) is 4.29. The smallest absolute Gasteiger partial charge is 0.478 e. The second-order valence-electron chi connectivity index (χ2n) is 4.31. The lowest BCUT2D eigenvalue weighted by Crippen LogP contribution is -2.17. The zero-order valence-corrected chi connectivity index (χ0v) is 13.9. The number of aromatic nitrogens is 4. The number of hydrogen-bond donors (Lipinski definition) is 1. The van der Waals surface area contributed by atoms with Crippen LogP contribution < -0.4 is 14.8 Å². The van der Waals surface area contributed by atoms with Crippen molar-refractivity contribution in [1.29, 1.82) is 0 Å². The third-order valence-electron chi connectivity index (χ3n) is 2.70. The van der Waals surface area contributed by atoms with Gasteiger partial charge in [-0.25, -0.2) is 4.63 Å². The van der Waals surface area contributed by atoms with Gasteiger partial charge in [0.2, 0.25) is 11.3 Å². The number of nitrogens with zero attached hydrogens (tertiary/aromatic N) is 4. The molecule has 0 radical (unpaired) electrons. The summed E-state index contributed by atoms with van der Waals surface area (Å²) in [6.07, 6.45) is -4.75. The number of alkyl halides is 3. The third-order valence-corrected chi connectivity index (χ3v) is 3.60. The van der Waals surface area contributed by atoms with E-state index in [0.29, 0.717) is 9.26 Å². The van der Waals surface area contributed by atoms with E-state index in [1.54, 1.807) is 0 Å². The molecule has 0 unspecified atom stereocenters. The second kappa shape index (κ2) is 6.26. The van der Waals surface area contributed by atoms with E-state index in [2.05, 4.69) is 35.0 Å². The molecule has 0 bridgehead atoms. The van der Waals surface area contributed by atoms with Crippen molar-refractivity contribution in [2.75, 3.05) is 12.4 Å². The van der Waals surface area contributed by atoms with E-state index in [1.807, 2.05) is 22.6 Å². The first kappa shape index (κ1) is 16.5. The van der Waals surface area contributed by atoms with Crippen LogP contribution in [0.5, 0.6) is 11.6 Å². The molecule has 1 aromatic carbocycles. The predicted molar refractivity (Wildman–Crippen MR) is 83.1 cm³/mol. The summed E-state index contributed by atoms with van der Waals surface area (Å²) >= 11 is 1.86. The molecule has 1 N–H and O–H groups in total. The Morgan fingerprint density at radius 2 is 1.88 bits per heavy atom. The van der Waals surface area contributed by atoms with Gasteiger partial charge < -0.3 is 14.8 Å². The summed E-state index contributed by atoms with van der Waals surface area (Å²) in [5.74, 6) is 0.0133. The van der Waals surface area contributed by atoms with E-state index in [0.717, 1.165) is 0 Å². The van der Waals surface area contributed by atoms with Crippen molar-refractivity contribution < 1.29 is 27.3 Å². The van der Waals surface area contributed by atoms with Gasteiger partial charge in [0.1, 0.15) is 5.75 Å². The van der Waals surface area contributed by atoms with E-state index in [4.69, 9.17) is 4.74 Å². The summed E-state index contributed by atoms with van der Waals surface area (Å²) < 4.78 is 50.7. The fraction of sp³-hybridized carbons (Fsp3) is 0.167. The molecule has 126 valence electrons. The first-order chi connectivity index (χ1) is 11.4. The van der Waals surface area contributed by atoms with Crippen molar-refractivity contribution in [1.82, 2.24) is 20.3 Å². The van der Waals surface area contributed by atoms with Crippen LogP contribution in [0.3, 0.4) is 0 Å². The highest BCUT2D eigenvalue weighted by Crippen LogP contribution is 2.31. The van der Waals surface area contributed by atoms with Crippen molar-refractivity contribution in [3.05, 3.63) is 21.8 Å². The van der Waals surface area contributed by atoms with E-state index < -0.39 is 6.36 Å². The molecule has 3 aromatic rings. The number of nitrogens with one attached hydrogen (secondary N) is 1. The highest BCUT2D eigenvalue weighted by atomic mass is 127. The summed E-state index contributed by atoms with van der Waals surface area (Å²) in [5.41, 5.74) is 0.805. The minimum absolute atomic E-state index is 0.129. The number of rotatable bonds is 4. The molecule has 3 rings (SSSR count). The maximum atomic E-state index is 12.2. The minimum atomic E-state index is -4.75. The Hall–Kier alpha value is -2.38. The fourth-order valence-electron chi connectivity index (χ4n) is 1.77. The Bertz CT molecular complexity index is 886. The summed E-state index contributed by atoms with van der Waals surface area (Å²) in [6, 6.07) is 3.82. The molecule has 0 spiro atoms. The molecule has 0 saturated heterocycles. The maximum absolute atomic E-state index is 12.2. The Morgan fingerprint density at radius 1 is 1.17 bits per heavy atom. The third kappa shape index (κ3) is 3.58. The van der Waals surface area contributed by atoms with Gasteiger partial charge in [-0.2, -0.15) is 9.97 Å². The molecule has 0 aliphatic rings. The number of ether oxygens (including phenoxy) is 2. The number of fused-ring (bicyclic) bond motifs is 1. The van der Waals surface area contributed by atoms with Crippen molar-refractivity contribution in [2.24, 2.45) is 0 Å². The van der Waals surface area contributed by atoms with Crippen molar-refractivity contribution in [3.63, 3.8) is 0 Å². The van der Waals surface area contributed by atoms with Crippen LogP contribution in [0.25, 0.3) is 11.3 Å². The average Bonchev–Trinajstić information content (AvgIpc) is 2.94. The normalized spacial score (nSPS) is 11.5. The number of halogens is 4. The molecule has 8 nitrogen and oxygen atoms in total. The number of benzene rings is 1. The fourth-order valence-corrected chi connectivity index (χ4v) is 2.39. The van der Waals surface area contributed by atoms with E-state index in [-0.39, 0.29) is 28.7 Å². The SMILES string of the molecule is COc1nc2nonc2nc1Nc1ccc(OC(F)(F)F)cc1I. The molecule has 0 fully saturated rings. The summed E-state index contributed by atoms with van der Waals surface area (Å²) in [5, 5.41) is 10.0. The highest BCUT2D eigenvalue weighted by molar-refractivity contribution is 14.1. The molecule has 0 aliphatic carbocycles. The van der Waals surface area contributed by atoms with Crippen LogP contribution in [0, 0.1) is 3.57 Å². The van der Waals surface area contributed by atoms with Gasteiger partial charge in [0.05, 0.1) is 12.8 Å². The Labute approximate surface area is 145 Å². The lowest BCUT2D eigenvalue weighted by molar-refractivity contribution is -0.274. The molecule has 0 aliphatic heterocycles. The quantitative estimate of drug-likeness (QED) is 0.602.